The summed E-state index contributed by atoms with van der Waals surface area (Å²) in [7, 11) is 1.97. The number of likely N-dealkylation sites (N-methyl/N-ethyl adjacent to an activating group) is 1. The SMILES string of the molecule is CNC1CCC(C)(C)CC1N1CCC(C(F)(F)F)CC1. The quantitative estimate of drug-likeness (QED) is 0.839. The lowest BCUT2D eigenvalue weighted by molar-refractivity contribution is -0.187. The molecule has 0 radical (unpaired) electrons. The molecule has 2 unspecified atom stereocenters. The molecular weight excluding hydrogens is 265 g/mol. The van der Waals surface area contributed by atoms with Gasteiger partial charge in [0.1, 0.15) is 0 Å². The molecule has 1 N–H and O–H groups in total. The fourth-order valence-corrected chi connectivity index (χ4v) is 3.83. The molecule has 0 aromatic heterocycles. The summed E-state index contributed by atoms with van der Waals surface area (Å²) in [5.74, 6) is -1.09. The van der Waals surface area contributed by atoms with Crippen molar-refractivity contribution in [1.29, 1.82) is 0 Å². The van der Waals surface area contributed by atoms with Crippen LogP contribution in [0.5, 0.6) is 0 Å². The number of nitrogens with zero attached hydrogens (tertiary/aromatic N) is 1. The maximum atomic E-state index is 12.7. The molecule has 118 valence electrons. The van der Waals surface area contributed by atoms with Crippen LogP contribution in [0.1, 0.15) is 46.0 Å². The zero-order valence-corrected chi connectivity index (χ0v) is 12.8. The van der Waals surface area contributed by atoms with Crippen LogP contribution in [-0.4, -0.2) is 43.3 Å². The third kappa shape index (κ3) is 3.67. The van der Waals surface area contributed by atoms with Crippen LogP contribution < -0.4 is 5.32 Å². The maximum absolute atomic E-state index is 12.7. The number of halogens is 3. The van der Waals surface area contributed by atoms with E-state index >= 15 is 0 Å². The molecule has 20 heavy (non-hydrogen) atoms. The van der Waals surface area contributed by atoms with Crippen molar-refractivity contribution in [2.75, 3.05) is 20.1 Å². The van der Waals surface area contributed by atoms with Gasteiger partial charge in [0.15, 0.2) is 0 Å². The molecule has 2 atom stereocenters. The van der Waals surface area contributed by atoms with Crippen LogP contribution in [0.4, 0.5) is 13.2 Å². The molecule has 1 saturated heterocycles. The number of likely N-dealkylation sites (tertiary alicyclic amines) is 1. The fourth-order valence-electron chi connectivity index (χ4n) is 3.83. The standard InChI is InChI=1S/C15H27F3N2/c1-14(2)7-4-12(19-3)13(10-14)20-8-5-11(6-9-20)15(16,17)18/h11-13,19H,4-10H2,1-3H3. The topological polar surface area (TPSA) is 15.3 Å². The zero-order chi connectivity index (χ0) is 15.0. The number of hydrogen-bond donors (Lipinski definition) is 1. The second-order valence-corrected chi connectivity index (χ2v) is 7.22. The molecule has 0 spiro atoms. The summed E-state index contributed by atoms with van der Waals surface area (Å²) in [5.41, 5.74) is 0.304. The first-order valence-electron chi connectivity index (χ1n) is 7.71. The van der Waals surface area contributed by atoms with Crippen LogP contribution in [0, 0.1) is 11.3 Å². The summed E-state index contributed by atoms with van der Waals surface area (Å²) in [6.45, 7) is 5.72. The van der Waals surface area contributed by atoms with Crippen LogP contribution in [0.3, 0.4) is 0 Å². The van der Waals surface area contributed by atoms with Crippen molar-refractivity contribution in [3.05, 3.63) is 0 Å². The number of nitrogens with one attached hydrogen (secondary N) is 1. The molecule has 2 aliphatic rings. The Hall–Kier alpha value is -0.290. The van der Waals surface area contributed by atoms with E-state index in [4.69, 9.17) is 0 Å². The predicted octanol–water partition coefficient (Wildman–Crippen LogP) is 3.43. The molecule has 2 nitrogen and oxygen atoms in total. The average molecular weight is 292 g/mol. The number of hydrogen-bond acceptors (Lipinski definition) is 2. The maximum Gasteiger partial charge on any atom is 0.391 e. The summed E-state index contributed by atoms with van der Waals surface area (Å²) in [5, 5.41) is 3.37. The zero-order valence-electron chi connectivity index (χ0n) is 12.8. The summed E-state index contributed by atoms with van der Waals surface area (Å²) < 4.78 is 38.2. The Morgan fingerprint density at radius 2 is 1.70 bits per heavy atom. The molecule has 1 aliphatic heterocycles. The Bertz CT molecular complexity index is 320. The van der Waals surface area contributed by atoms with Crippen LogP contribution in [0.25, 0.3) is 0 Å². The van der Waals surface area contributed by atoms with Crippen LogP contribution in [0.2, 0.25) is 0 Å². The van der Waals surface area contributed by atoms with Crippen LogP contribution in [-0.2, 0) is 0 Å². The smallest absolute Gasteiger partial charge is 0.315 e. The van der Waals surface area contributed by atoms with Crippen molar-refractivity contribution in [2.24, 2.45) is 11.3 Å². The van der Waals surface area contributed by atoms with Crippen molar-refractivity contribution in [3.63, 3.8) is 0 Å². The number of rotatable bonds is 2. The Morgan fingerprint density at radius 1 is 1.10 bits per heavy atom. The van der Waals surface area contributed by atoms with Gasteiger partial charge in [-0.3, -0.25) is 4.90 Å². The first kappa shape index (κ1) is 16.1. The lowest BCUT2D eigenvalue weighted by Crippen LogP contribution is -2.56. The molecular formula is C15H27F3N2. The highest BCUT2D eigenvalue weighted by molar-refractivity contribution is 4.95. The fraction of sp³-hybridized carbons (Fsp3) is 1.00. The largest absolute Gasteiger partial charge is 0.391 e. The Kier molecular flexibility index (Phi) is 4.69. The van der Waals surface area contributed by atoms with Gasteiger partial charge in [0.05, 0.1) is 5.92 Å². The van der Waals surface area contributed by atoms with E-state index in [0.29, 0.717) is 30.6 Å². The third-order valence-corrected chi connectivity index (χ3v) is 5.19. The molecule has 0 aromatic rings. The van der Waals surface area contributed by atoms with Gasteiger partial charge in [-0.15, -0.1) is 0 Å². The molecule has 1 aliphatic carbocycles. The van der Waals surface area contributed by atoms with Crippen LogP contribution >= 0.6 is 0 Å². The van der Waals surface area contributed by atoms with Gasteiger partial charge in [0, 0.05) is 12.1 Å². The second-order valence-electron chi connectivity index (χ2n) is 7.22. The van der Waals surface area contributed by atoms with Gasteiger partial charge in [0.25, 0.3) is 0 Å². The van der Waals surface area contributed by atoms with E-state index in [1.165, 1.54) is 6.42 Å². The molecule has 0 amide bonds. The van der Waals surface area contributed by atoms with Crippen molar-refractivity contribution in [2.45, 2.75) is 64.2 Å². The van der Waals surface area contributed by atoms with Crippen molar-refractivity contribution in [1.82, 2.24) is 10.2 Å². The molecule has 0 aromatic carbocycles. The van der Waals surface area contributed by atoms with E-state index in [-0.39, 0.29) is 12.8 Å². The van der Waals surface area contributed by atoms with E-state index in [0.717, 1.165) is 12.8 Å². The van der Waals surface area contributed by atoms with E-state index in [2.05, 4.69) is 24.1 Å². The first-order chi connectivity index (χ1) is 9.23. The van der Waals surface area contributed by atoms with Gasteiger partial charge in [0.2, 0.25) is 0 Å². The lowest BCUT2D eigenvalue weighted by Gasteiger charge is -2.48. The minimum Gasteiger partial charge on any atom is -0.315 e. The van der Waals surface area contributed by atoms with Gasteiger partial charge in [-0.2, -0.15) is 13.2 Å². The highest BCUT2D eigenvalue weighted by atomic mass is 19.4. The number of alkyl halides is 3. The number of piperidine rings is 1. The Morgan fingerprint density at radius 3 is 2.20 bits per heavy atom. The molecule has 0 bridgehead atoms. The lowest BCUT2D eigenvalue weighted by atomic mass is 9.72. The van der Waals surface area contributed by atoms with Gasteiger partial charge < -0.3 is 5.32 Å². The molecule has 2 fully saturated rings. The van der Waals surface area contributed by atoms with Crippen LogP contribution in [0.15, 0.2) is 0 Å². The molecule has 1 saturated carbocycles. The van der Waals surface area contributed by atoms with E-state index in [1.807, 2.05) is 7.05 Å². The first-order valence-corrected chi connectivity index (χ1v) is 7.71. The highest BCUT2D eigenvalue weighted by Crippen LogP contribution is 2.40. The third-order valence-electron chi connectivity index (χ3n) is 5.19. The second kappa shape index (κ2) is 5.84. The average Bonchev–Trinajstić information content (AvgIpc) is 2.37. The molecule has 2 rings (SSSR count). The van der Waals surface area contributed by atoms with Gasteiger partial charge in [-0.25, -0.2) is 0 Å². The Balaban J connectivity index is 1.97. The van der Waals surface area contributed by atoms with Crippen molar-refractivity contribution in [3.8, 4) is 0 Å². The highest BCUT2D eigenvalue weighted by Gasteiger charge is 2.44. The normalized spacial score (nSPS) is 33.3. The van der Waals surface area contributed by atoms with Gasteiger partial charge in [-0.05, 0) is 57.7 Å². The minimum absolute atomic E-state index is 0.261. The monoisotopic (exact) mass is 292 g/mol. The van der Waals surface area contributed by atoms with Gasteiger partial charge in [-0.1, -0.05) is 13.8 Å². The van der Waals surface area contributed by atoms with E-state index in [1.54, 1.807) is 0 Å². The van der Waals surface area contributed by atoms with Gasteiger partial charge >= 0.3 is 6.18 Å². The summed E-state index contributed by atoms with van der Waals surface area (Å²) in [6, 6.07) is 0.809. The van der Waals surface area contributed by atoms with Crippen molar-refractivity contribution < 1.29 is 13.2 Å². The van der Waals surface area contributed by atoms with Crippen molar-refractivity contribution >= 4 is 0 Å². The summed E-state index contributed by atoms with van der Waals surface area (Å²) >= 11 is 0. The molecule has 5 heteroatoms. The molecule has 1 heterocycles. The van der Waals surface area contributed by atoms with E-state index in [9.17, 15) is 13.2 Å². The van der Waals surface area contributed by atoms with E-state index < -0.39 is 12.1 Å². The summed E-state index contributed by atoms with van der Waals surface area (Å²) in [4.78, 5) is 2.30. The predicted molar refractivity (Wildman–Crippen MR) is 74.6 cm³/mol. The minimum atomic E-state index is -4.01. The summed E-state index contributed by atoms with van der Waals surface area (Å²) in [6.07, 6.45) is -0.107. The Labute approximate surface area is 120 Å².